The number of nitrogens with zero attached hydrogens (tertiary/aromatic N) is 1. The van der Waals surface area contributed by atoms with Crippen LogP contribution in [0.25, 0.3) is 0 Å². The van der Waals surface area contributed by atoms with Crippen molar-refractivity contribution in [2.24, 2.45) is 0 Å². The number of hydrogen-bond acceptors (Lipinski definition) is 2. The smallest absolute Gasteiger partial charge is 0.128 e. The monoisotopic (exact) mass is 208 g/mol. The van der Waals surface area contributed by atoms with Crippen LogP contribution in [0.2, 0.25) is 0 Å². The van der Waals surface area contributed by atoms with Gasteiger partial charge in [-0.15, -0.1) is 0 Å². The van der Waals surface area contributed by atoms with E-state index in [1.165, 1.54) is 12.5 Å². The van der Waals surface area contributed by atoms with E-state index in [1.54, 1.807) is 6.07 Å². The molecule has 0 amide bonds. The standard InChI is InChI=1S/C12H17FN2/c1-14-9-12(15-7-4-8-15)10-5-2-3-6-11(10)13/h2-3,5-6,12,14H,4,7-9H2,1H3. The zero-order chi connectivity index (χ0) is 10.7. The maximum Gasteiger partial charge on any atom is 0.128 e. The summed E-state index contributed by atoms with van der Waals surface area (Å²) >= 11 is 0. The minimum absolute atomic E-state index is 0.0929. The molecule has 0 aromatic heterocycles. The van der Waals surface area contributed by atoms with Crippen LogP contribution in [0.4, 0.5) is 4.39 Å². The van der Waals surface area contributed by atoms with E-state index in [4.69, 9.17) is 0 Å². The van der Waals surface area contributed by atoms with Gasteiger partial charge >= 0.3 is 0 Å². The van der Waals surface area contributed by atoms with Gasteiger partial charge < -0.3 is 5.32 Å². The lowest BCUT2D eigenvalue weighted by Crippen LogP contribution is -2.44. The predicted molar refractivity (Wildman–Crippen MR) is 59.3 cm³/mol. The fourth-order valence-corrected chi connectivity index (χ4v) is 2.03. The minimum Gasteiger partial charge on any atom is -0.318 e. The molecule has 15 heavy (non-hydrogen) atoms. The van der Waals surface area contributed by atoms with Gasteiger partial charge in [-0.1, -0.05) is 18.2 Å². The maximum atomic E-state index is 13.6. The molecule has 1 N–H and O–H groups in total. The average Bonchev–Trinajstić information content (AvgIpc) is 2.15. The first-order valence-electron chi connectivity index (χ1n) is 5.46. The summed E-state index contributed by atoms with van der Waals surface area (Å²) < 4.78 is 13.6. The molecule has 1 saturated heterocycles. The maximum absolute atomic E-state index is 13.6. The molecule has 1 aliphatic heterocycles. The Labute approximate surface area is 90.1 Å². The molecular formula is C12H17FN2. The summed E-state index contributed by atoms with van der Waals surface area (Å²) in [6, 6.07) is 7.25. The van der Waals surface area contributed by atoms with Crippen molar-refractivity contribution >= 4 is 0 Å². The molecule has 1 heterocycles. The van der Waals surface area contributed by atoms with Gasteiger partial charge in [0.15, 0.2) is 0 Å². The second-order valence-electron chi connectivity index (χ2n) is 3.98. The van der Waals surface area contributed by atoms with Crippen LogP contribution >= 0.6 is 0 Å². The van der Waals surface area contributed by atoms with E-state index in [9.17, 15) is 4.39 Å². The molecule has 1 aromatic carbocycles. The van der Waals surface area contributed by atoms with Gasteiger partial charge in [0, 0.05) is 25.2 Å². The highest BCUT2D eigenvalue weighted by Gasteiger charge is 2.26. The summed E-state index contributed by atoms with van der Waals surface area (Å²) in [5, 5.41) is 3.13. The Hall–Kier alpha value is -0.930. The van der Waals surface area contributed by atoms with Gasteiger partial charge in [-0.05, 0) is 19.5 Å². The average molecular weight is 208 g/mol. The van der Waals surface area contributed by atoms with Crippen molar-refractivity contribution in [1.29, 1.82) is 0 Å². The summed E-state index contributed by atoms with van der Waals surface area (Å²) in [4.78, 5) is 2.31. The van der Waals surface area contributed by atoms with Gasteiger partial charge in [-0.2, -0.15) is 0 Å². The molecule has 0 bridgehead atoms. The molecule has 1 aliphatic rings. The van der Waals surface area contributed by atoms with Crippen molar-refractivity contribution in [3.63, 3.8) is 0 Å². The van der Waals surface area contributed by atoms with E-state index in [0.717, 1.165) is 25.2 Å². The van der Waals surface area contributed by atoms with Crippen molar-refractivity contribution in [1.82, 2.24) is 10.2 Å². The second kappa shape index (κ2) is 4.73. The Morgan fingerprint density at radius 1 is 1.40 bits per heavy atom. The highest BCUT2D eigenvalue weighted by atomic mass is 19.1. The zero-order valence-electron chi connectivity index (χ0n) is 9.04. The van der Waals surface area contributed by atoms with Gasteiger partial charge in [-0.3, -0.25) is 4.90 Å². The molecule has 3 heteroatoms. The fourth-order valence-electron chi connectivity index (χ4n) is 2.03. The molecule has 0 saturated carbocycles. The third-order valence-electron chi connectivity index (χ3n) is 2.99. The molecule has 1 fully saturated rings. The van der Waals surface area contributed by atoms with Gasteiger partial charge in [0.05, 0.1) is 6.04 Å². The number of hydrogen-bond donors (Lipinski definition) is 1. The summed E-state index contributed by atoms with van der Waals surface area (Å²) in [5.74, 6) is -0.0929. The highest BCUT2D eigenvalue weighted by Crippen LogP contribution is 2.26. The number of nitrogens with one attached hydrogen (secondary N) is 1. The molecule has 2 rings (SSSR count). The van der Waals surface area contributed by atoms with E-state index < -0.39 is 0 Å². The van der Waals surface area contributed by atoms with Crippen LogP contribution in [-0.2, 0) is 0 Å². The van der Waals surface area contributed by atoms with E-state index in [-0.39, 0.29) is 11.9 Å². The van der Waals surface area contributed by atoms with Gasteiger partial charge in [0.2, 0.25) is 0 Å². The summed E-state index contributed by atoms with van der Waals surface area (Å²) in [6.45, 7) is 2.97. The summed E-state index contributed by atoms with van der Waals surface area (Å²) in [6.07, 6.45) is 1.23. The van der Waals surface area contributed by atoms with Crippen molar-refractivity contribution in [2.75, 3.05) is 26.7 Å². The first-order valence-corrected chi connectivity index (χ1v) is 5.46. The molecule has 0 radical (unpaired) electrons. The van der Waals surface area contributed by atoms with Crippen molar-refractivity contribution < 1.29 is 4.39 Å². The largest absolute Gasteiger partial charge is 0.318 e. The molecule has 1 atom stereocenters. The zero-order valence-corrected chi connectivity index (χ0v) is 9.04. The lowest BCUT2D eigenvalue weighted by Gasteiger charge is -2.38. The quantitative estimate of drug-likeness (QED) is 0.811. The molecule has 82 valence electrons. The number of likely N-dealkylation sites (N-methyl/N-ethyl adjacent to an activating group) is 1. The Morgan fingerprint density at radius 2 is 2.13 bits per heavy atom. The van der Waals surface area contributed by atoms with Crippen LogP contribution < -0.4 is 5.32 Å². The molecule has 0 aliphatic carbocycles. The lowest BCUT2D eigenvalue weighted by atomic mass is 10.0. The number of likely N-dealkylation sites (tertiary alicyclic amines) is 1. The van der Waals surface area contributed by atoms with Crippen molar-refractivity contribution in [2.45, 2.75) is 12.5 Å². The normalized spacial score (nSPS) is 18.5. The van der Waals surface area contributed by atoms with E-state index in [1.807, 2.05) is 19.2 Å². The first kappa shape index (κ1) is 10.6. The Balaban J connectivity index is 2.19. The Morgan fingerprint density at radius 3 is 2.67 bits per heavy atom. The lowest BCUT2D eigenvalue weighted by molar-refractivity contribution is 0.115. The van der Waals surface area contributed by atoms with Crippen LogP contribution in [-0.4, -0.2) is 31.6 Å². The van der Waals surface area contributed by atoms with E-state index in [0.29, 0.717) is 0 Å². The molecule has 1 unspecified atom stereocenters. The van der Waals surface area contributed by atoms with Crippen LogP contribution in [0.5, 0.6) is 0 Å². The second-order valence-corrected chi connectivity index (χ2v) is 3.98. The van der Waals surface area contributed by atoms with Crippen LogP contribution in [0.3, 0.4) is 0 Å². The van der Waals surface area contributed by atoms with Crippen molar-refractivity contribution in [3.05, 3.63) is 35.6 Å². The van der Waals surface area contributed by atoms with E-state index >= 15 is 0 Å². The van der Waals surface area contributed by atoms with Gasteiger partial charge in [0.25, 0.3) is 0 Å². The number of rotatable bonds is 4. The minimum atomic E-state index is -0.0929. The summed E-state index contributed by atoms with van der Waals surface area (Å²) in [7, 11) is 1.91. The third-order valence-corrected chi connectivity index (χ3v) is 2.99. The van der Waals surface area contributed by atoms with E-state index in [2.05, 4.69) is 10.2 Å². The van der Waals surface area contributed by atoms with Crippen LogP contribution in [0, 0.1) is 5.82 Å². The van der Waals surface area contributed by atoms with Crippen LogP contribution in [0.1, 0.15) is 18.0 Å². The third kappa shape index (κ3) is 2.19. The topological polar surface area (TPSA) is 15.3 Å². The Kier molecular flexibility index (Phi) is 3.34. The van der Waals surface area contributed by atoms with Crippen molar-refractivity contribution in [3.8, 4) is 0 Å². The van der Waals surface area contributed by atoms with Gasteiger partial charge in [0.1, 0.15) is 5.82 Å². The highest BCUT2D eigenvalue weighted by molar-refractivity contribution is 5.22. The number of benzene rings is 1. The first-order chi connectivity index (χ1) is 7.33. The fraction of sp³-hybridized carbons (Fsp3) is 0.500. The molecule has 0 spiro atoms. The van der Waals surface area contributed by atoms with Crippen LogP contribution in [0.15, 0.2) is 24.3 Å². The number of halogens is 1. The van der Waals surface area contributed by atoms with Gasteiger partial charge in [-0.25, -0.2) is 4.39 Å². The predicted octanol–water partition coefficient (Wildman–Crippen LogP) is 1.79. The SMILES string of the molecule is CNCC(c1ccccc1F)N1CCC1. The molecular weight excluding hydrogens is 191 g/mol. The molecule has 2 nitrogen and oxygen atoms in total. The molecule has 1 aromatic rings. The Bertz CT molecular complexity index is 323. The summed E-state index contributed by atoms with van der Waals surface area (Å²) in [5.41, 5.74) is 0.812.